The van der Waals surface area contributed by atoms with Crippen molar-refractivity contribution in [2.75, 3.05) is 13.2 Å². The first-order valence-electron chi connectivity index (χ1n) is 5.91. The molecule has 0 fully saturated rings. The molecular weight excluding hydrogens is 216 g/mol. The van der Waals surface area contributed by atoms with Gasteiger partial charge in [-0.05, 0) is 20.8 Å². The average Bonchev–Trinajstić information content (AvgIpc) is 2.58. The summed E-state index contributed by atoms with van der Waals surface area (Å²) in [5, 5.41) is 7.56. The van der Waals surface area contributed by atoms with Gasteiger partial charge in [0.15, 0.2) is 0 Å². The minimum atomic E-state index is 0.0481. The number of hydrogen-bond donors (Lipinski definition) is 1. The van der Waals surface area contributed by atoms with E-state index in [1.807, 2.05) is 7.05 Å². The first-order valence-corrected chi connectivity index (χ1v) is 5.91. The van der Waals surface area contributed by atoms with Gasteiger partial charge in [0.2, 0.25) is 0 Å². The molecule has 0 aromatic carbocycles. The van der Waals surface area contributed by atoms with E-state index in [2.05, 4.69) is 50.0 Å². The van der Waals surface area contributed by atoms with Crippen molar-refractivity contribution >= 4 is 0 Å². The Balaban J connectivity index is 2.39. The Labute approximate surface area is 104 Å². The van der Waals surface area contributed by atoms with Gasteiger partial charge in [-0.25, -0.2) is 0 Å². The molecule has 1 N–H and O–H groups in total. The Hall–Kier alpha value is -1.10. The van der Waals surface area contributed by atoms with Crippen LogP contribution in [-0.2, 0) is 7.05 Å². The number of aromatic nitrogens is 3. The monoisotopic (exact) mass is 240 g/mol. The van der Waals surface area contributed by atoms with Crippen LogP contribution < -0.4 is 10.1 Å². The van der Waals surface area contributed by atoms with Crippen LogP contribution in [-0.4, -0.2) is 33.5 Å². The van der Waals surface area contributed by atoms with Gasteiger partial charge < -0.3 is 10.1 Å². The minimum absolute atomic E-state index is 0.0481. The van der Waals surface area contributed by atoms with Crippen molar-refractivity contribution in [3.8, 4) is 6.01 Å². The molecule has 5 heteroatoms. The van der Waals surface area contributed by atoms with Crippen LogP contribution >= 0.6 is 0 Å². The summed E-state index contributed by atoms with van der Waals surface area (Å²) in [6, 6.07) is 0.441. The predicted octanol–water partition coefficient (Wildman–Crippen LogP) is 1.61. The average molecular weight is 240 g/mol. The number of hydrogen-bond acceptors (Lipinski definition) is 4. The molecule has 1 aromatic rings. The van der Waals surface area contributed by atoms with Crippen LogP contribution in [0.15, 0.2) is 6.33 Å². The lowest BCUT2D eigenvalue weighted by Gasteiger charge is -2.29. The normalized spacial score (nSPS) is 12.8. The van der Waals surface area contributed by atoms with E-state index >= 15 is 0 Å². The van der Waals surface area contributed by atoms with Crippen LogP contribution in [0.25, 0.3) is 0 Å². The van der Waals surface area contributed by atoms with Crippen LogP contribution in [0, 0.1) is 5.41 Å². The maximum atomic E-state index is 5.57. The summed E-state index contributed by atoms with van der Waals surface area (Å²) >= 11 is 0. The van der Waals surface area contributed by atoms with E-state index in [1.54, 1.807) is 11.0 Å². The zero-order chi connectivity index (χ0) is 13.1. The third-order valence-corrected chi connectivity index (χ3v) is 2.27. The van der Waals surface area contributed by atoms with Crippen molar-refractivity contribution in [1.29, 1.82) is 0 Å². The largest absolute Gasteiger partial charge is 0.462 e. The van der Waals surface area contributed by atoms with Crippen molar-refractivity contribution in [2.24, 2.45) is 12.5 Å². The lowest BCUT2D eigenvalue weighted by atomic mass is 9.93. The Morgan fingerprint density at radius 3 is 2.41 bits per heavy atom. The second kappa shape index (κ2) is 5.04. The lowest BCUT2D eigenvalue weighted by molar-refractivity contribution is 0.155. The van der Waals surface area contributed by atoms with Crippen LogP contribution in [0.5, 0.6) is 6.01 Å². The van der Waals surface area contributed by atoms with Crippen LogP contribution in [0.4, 0.5) is 0 Å². The molecule has 0 aliphatic heterocycles. The van der Waals surface area contributed by atoms with Gasteiger partial charge in [0.25, 0.3) is 0 Å². The van der Waals surface area contributed by atoms with Gasteiger partial charge in [0, 0.05) is 24.5 Å². The highest BCUT2D eigenvalue weighted by atomic mass is 16.5. The Kier molecular flexibility index (Phi) is 4.14. The zero-order valence-corrected chi connectivity index (χ0v) is 11.7. The minimum Gasteiger partial charge on any atom is -0.462 e. The maximum Gasteiger partial charge on any atom is 0.335 e. The number of rotatable bonds is 5. The molecule has 0 unspecified atom stereocenters. The lowest BCUT2D eigenvalue weighted by Crippen LogP contribution is -2.43. The number of nitrogens with zero attached hydrogens (tertiary/aromatic N) is 3. The van der Waals surface area contributed by atoms with E-state index in [0.29, 0.717) is 12.6 Å². The van der Waals surface area contributed by atoms with Crippen molar-refractivity contribution in [2.45, 2.75) is 40.2 Å². The molecular formula is C12H24N4O. The standard InChI is InChI=1S/C12H24N4O/c1-11(2,3)14-7-12(4,5)8-17-10-13-9-16(6)15-10/h9,14H,7-8H2,1-6H3. The fourth-order valence-corrected chi connectivity index (χ4v) is 1.20. The number of ether oxygens (including phenoxy) is 1. The molecule has 0 saturated carbocycles. The van der Waals surface area contributed by atoms with Gasteiger partial charge in [-0.15, -0.1) is 5.10 Å². The topological polar surface area (TPSA) is 52.0 Å². The molecule has 0 amide bonds. The summed E-state index contributed by atoms with van der Waals surface area (Å²) in [5.41, 5.74) is 0.174. The molecule has 0 atom stereocenters. The van der Waals surface area contributed by atoms with Crippen molar-refractivity contribution in [1.82, 2.24) is 20.1 Å². The molecule has 1 heterocycles. The zero-order valence-electron chi connectivity index (χ0n) is 11.7. The molecule has 0 bridgehead atoms. The predicted molar refractivity (Wildman–Crippen MR) is 68.0 cm³/mol. The van der Waals surface area contributed by atoms with Crippen molar-refractivity contribution < 1.29 is 4.74 Å². The van der Waals surface area contributed by atoms with E-state index in [1.165, 1.54) is 0 Å². The molecule has 0 aliphatic carbocycles. The summed E-state index contributed by atoms with van der Waals surface area (Å²) in [5.74, 6) is 0. The Morgan fingerprint density at radius 1 is 1.29 bits per heavy atom. The summed E-state index contributed by atoms with van der Waals surface area (Å²) in [6.07, 6.45) is 1.63. The highest BCUT2D eigenvalue weighted by molar-refractivity contribution is 4.88. The number of nitrogens with one attached hydrogen (secondary N) is 1. The fourth-order valence-electron chi connectivity index (χ4n) is 1.20. The molecule has 98 valence electrons. The highest BCUT2D eigenvalue weighted by Crippen LogP contribution is 2.16. The molecule has 0 saturated heterocycles. The first-order chi connectivity index (χ1) is 7.68. The van der Waals surface area contributed by atoms with E-state index in [9.17, 15) is 0 Å². The SMILES string of the molecule is Cn1cnc(OCC(C)(C)CNC(C)(C)C)n1. The van der Waals surface area contributed by atoms with Crippen LogP contribution in [0.2, 0.25) is 0 Å². The van der Waals surface area contributed by atoms with Crippen molar-refractivity contribution in [3.05, 3.63) is 6.33 Å². The Morgan fingerprint density at radius 2 is 1.94 bits per heavy atom. The third-order valence-electron chi connectivity index (χ3n) is 2.27. The second-order valence-corrected chi connectivity index (χ2v) is 6.26. The summed E-state index contributed by atoms with van der Waals surface area (Å²) in [4.78, 5) is 4.04. The van der Waals surface area contributed by atoms with Gasteiger partial charge >= 0.3 is 6.01 Å². The molecule has 1 rings (SSSR count). The maximum absolute atomic E-state index is 5.57. The smallest absolute Gasteiger partial charge is 0.335 e. The summed E-state index contributed by atoms with van der Waals surface area (Å²) < 4.78 is 7.21. The van der Waals surface area contributed by atoms with Gasteiger partial charge in [-0.1, -0.05) is 13.8 Å². The highest BCUT2D eigenvalue weighted by Gasteiger charge is 2.22. The van der Waals surface area contributed by atoms with Crippen molar-refractivity contribution in [3.63, 3.8) is 0 Å². The second-order valence-electron chi connectivity index (χ2n) is 6.26. The molecule has 1 aromatic heterocycles. The molecule has 0 radical (unpaired) electrons. The van der Waals surface area contributed by atoms with Gasteiger partial charge in [0.05, 0.1) is 6.61 Å². The van der Waals surface area contributed by atoms with Crippen LogP contribution in [0.3, 0.4) is 0 Å². The quantitative estimate of drug-likeness (QED) is 0.849. The first kappa shape index (κ1) is 14.0. The van der Waals surface area contributed by atoms with E-state index in [-0.39, 0.29) is 11.0 Å². The molecule has 17 heavy (non-hydrogen) atoms. The van der Waals surface area contributed by atoms with Crippen LogP contribution in [0.1, 0.15) is 34.6 Å². The van der Waals surface area contributed by atoms with E-state index in [0.717, 1.165) is 6.54 Å². The molecule has 5 nitrogen and oxygen atoms in total. The van der Waals surface area contributed by atoms with E-state index < -0.39 is 0 Å². The summed E-state index contributed by atoms with van der Waals surface area (Å²) in [7, 11) is 1.83. The molecule has 0 spiro atoms. The molecule has 0 aliphatic rings. The number of aryl methyl sites for hydroxylation is 1. The van der Waals surface area contributed by atoms with Gasteiger partial charge in [-0.2, -0.15) is 4.98 Å². The van der Waals surface area contributed by atoms with Gasteiger partial charge in [0.1, 0.15) is 6.33 Å². The summed E-state index contributed by atoms with van der Waals surface area (Å²) in [6.45, 7) is 12.3. The third kappa shape index (κ3) is 5.68. The van der Waals surface area contributed by atoms with Gasteiger partial charge in [-0.3, -0.25) is 4.68 Å². The Bertz CT molecular complexity index is 352. The van der Waals surface area contributed by atoms with E-state index in [4.69, 9.17) is 4.74 Å². The fraction of sp³-hybridized carbons (Fsp3) is 0.833.